The van der Waals surface area contributed by atoms with Gasteiger partial charge in [0, 0.05) is 0 Å². The molecule has 0 atom stereocenters. The van der Waals surface area contributed by atoms with Crippen LogP contribution >= 0.6 is 0 Å². The summed E-state index contributed by atoms with van der Waals surface area (Å²) in [5.41, 5.74) is 0.226. The van der Waals surface area contributed by atoms with Gasteiger partial charge in [0.1, 0.15) is 0 Å². The molecule has 2 N–H and O–H groups in total. The summed E-state index contributed by atoms with van der Waals surface area (Å²) in [5.74, 6) is -2.71. The molecule has 2 aromatic rings. The summed E-state index contributed by atoms with van der Waals surface area (Å²) < 4.78 is 4.79. The molecule has 6 nitrogen and oxygen atoms in total. The fourth-order valence-corrected chi connectivity index (χ4v) is 1.64. The lowest BCUT2D eigenvalue weighted by atomic mass is 10.1. The molecule has 0 aliphatic carbocycles. The highest BCUT2D eigenvalue weighted by atomic mass is 16.5. The number of carboxylic acid groups (broad SMARTS) is 2. The summed E-state index contributed by atoms with van der Waals surface area (Å²) in [6.45, 7) is 2.22. The van der Waals surface area contributed by atoms with Gasteiger partial charge < -0.3 is 14.9 Å². The molecule has 0 saturated heterocycles. The number of hydrogen-bond acceptors (Lipinski definition) is 4. The molecule has 0 radical (unpaired) electrons. The highest BCUT2D eigenvalue weighted by molar-refractivity contribution is 6.01. The molecule has 2 rings (SSSR count). The summed E-state index contributed by atoms with van der Waals surface area (Å²) >= 11 is 0. The van der Waals surface area contributed by atoms with Crippen molar-refractivity contribution in [1.29, 1.82) is 0 Å². The monoisotopic (exact) mass is 316 g/mol. The molecule has 0 spiro atoms. The van der Waals surface area contributed by atoms with Crippen molar-refractivity contribution in [2.24, 2.45) is 0 Å². The van der Waals surface area contributed by atoms with Crippen LogP contribution < -0.4 is 0 Å². The van der Waals surface area contributed by atoms with Crippen molar-refractivity contribution < 1.29 is 29.3 Å². The summed E-state index contributed by atoms with van der Waals surface area (Å²) in [5, 5.41) is 17.1. The molecule has 0 amide bonds. The molecule has 6 heteroatoms. The Labute approximate surface area is 133 Å². The van der Waals surface area contributed by atoms with E-state index in [0.717, 1.165) is 0 Å². The van der Waals surface area contributed by atoms with Crippen LogP contribution in [0.5, 0.6) is 0 Å². The quantitative estimate of drug-likeness (QED) is 0.841. The molecule has 0 aromatic heterocycles. The Morgan fingerprint density at radius 2 is 1.26 bits per heavy atom. The molecule has 0 unspecified atom stereocenters. The van der Waals surface area contributed by atoms with Gasteiger partial charge in [-0.25, -0.2) is 14.4 Å². The minimum Gasteiger partial charge on any atom is -0.478 e. The SMILES string of the molecule is CCOC(=O)c1ccccc1.O=C(O)c1ccccc1C(=O)O. The fraction of sp³-hybridized carbons (Fsp3) is 0.118. The van der Waals surface area contributed by atoms with E-state index in [2.05, 4.69) is 0 Å². The van der Waals surface area contributed by atoms with Crippen LogP contribution in [-0.4, -0.2) is 34.7 Å². The summed E-state index contributed by atoms with van der Waals surface area (Å²) in [7, 11) is 0. The smallest absolute Gasteiger partial charge is 0.338 e. The maximum Gasteiger partial charge on any atom is 0.338 e. The first-order valence-electron chi connectivity index (χ1n) is 6.75. The number of esters is 1. The second-order valence-electron chi connectivity index (χ2n) is 4.24. The van der Waals surface area contributed by atoms with E-state index in [9.17, 15) is 14.4 Å². The van der Waals surface area contributed by atoms with Gasteiger partial charge in [0.25, 0.3) is 0 Å². The molecule has 0 aliphatic rings. The number of carboxylic acids is 2. The number of carbonyl (C=O) groups is 3. The molecule has 0 saturated carbocycles. The number of carbonyl (C=O) groups excluding carboxylic acids is 1. The van der Waals surface area contributed by atoms with E-state index in [1.54, 1.807) is 19.1 Å². The second kappa shape index (κ2) is 8.99. The first kappa shape index (κ1) is 17.9. The van der Waals surface area contributed by atoms with Crippen LogP contribution in [0.25, 0.3) is 0 Å². The largest absolute Gasteiger partial charge is 0.478 e. The Bertz CT molecular complexity index is 645. The number of ether oxygens (including phenoxy) is 1. The van der Waals surface area contributed by atoms with Crippen molar-refractivity contribution in [3.63, 3.8) is 0 Å². The predicted molar refractivity (Wildman–Crippen MR) is 82.8 cm³/mol. The standard InChI is InChI=1S/C9H10O2.C8H6O4/c1-2-11-9(10)8-6-4-3-5-7-8;9-7(10)5-3-1-2-4-6(5)8(11)12/h3-7H,2H2,1H3;1-4H,(H,9,10)(H,11,12). The summed E-state index contributed by atoms with van der Waals surface area (Å²) in [4.78, 5) is 31.9. The van der Waals surface area contributed by atoms with Crippen LogP contribution in [0.1, 0.15) is 38.0 Å². The molecular weight excluding hydrogens is 300 g/mol. The predicted octanol–water partition coefficient (Wildman–Crippen LogP) is 2.95. The van der Waals surface area contributed by atoms with E-state index < -0.39 is 11.9 Å². The van der Waals surface area contributed by atoms with Gasteiger partial charge in [0.2, 0.25) is 0 Å². The first-order valence-corrected chi connectivity index (χ1v) is 6.75. The maximum atomic E-state index is 11.0. The maximum absolute atomic E-state index is 11.0. The minimum atomic E-state index is -1.23. The third-order valence-corrected chi connectivity index (χ3v) is 2.67. The van der Waals surface area contributed by atoms with E-state index in [0.29, 0.717) is 12.2 Å². The van der Waals surface area contributed by atoms with Crippen LogP contribution in [0.4, 0.5) is 0 Å². The molecule has 120 valence electrons. The van der Waals surface area contributed by atoms with E-state index in [1.807, 2.05) is 18.2 Å². The highest BCUT2D eigenvalue weighted by Gasteiger charge is 2.13. The van der Waals surface area contributed by atoms with Crippen LogP contribution in [-0.2, 0) is 4.74 Å². The molecule has 0 bridgehead atoms. The Morgan fingerprint density at radius 3 is 1.65 bits per heavy atom. The topological polar surface area (TPSA) is 101 Å². The number of aromatic carboxylic acids is 2. The molecule has 23 heavy (non-hydrogen) atoms. The van der Waals surface area contributed by atoms with Crippen molar-refractivity contribution in [2.45, 2.75) is 6.92 Å². The summed E-state index contributed by atoms with van der Waals surface area (Å²) in [6, 6.07) is 14.4. The zero-order chi connectivity index (χ0) is 17.2. The zero-order valence-corrected chi connectivity index (χ0v) is 12.4. The Morgan fingerprint density at radius 1 is 0.826 bits per heavy atom. The third-order valence-electron chi connectivity index (χ3n) is 2.67. The molecule has 0 aliphatic heterocycles. The van der Waals surface area contributed by atoms with Gasteiger partial charge in [-0.1, -0.05) is 30.3 Å². The van der Waals surface area contributed by atoms with E-state index >= 15 is 0 Å². The zero-order valence-electron chi connectivity index (χ0n) is 12.4. The van der Waals surface area contributed by atoms with Crippen molar-refractivity contribution >= 4 is 17.9 Å². The van der Waals surface area contributed by atoms with Crippen molar-refractivity contribution in [2.75, 3.05) is 6.61 Å². The Balaban J connectivity index is 0.000000231. The lowest BCUT2D eigenvalue weighted by molar-refractivity contribution is 0.0525. The highest BCUT2D eigenvalue weighted by Crippen LogP contribution is 2.07. The number of benzene rings is 2. The first-order chi connectivity index (χ1) is 11.0. The Hall–Kier alpha value is -3.15. The lowest BCUT2D eigenvalue weighted by Gasteiger charge is -1.99. The normalized spacial score (nSPS) is 9.26. The molecular formula is C17H16O6. The molecule has 0 heterocycles. The van der Waals surface area contributed by atoms with Crippen LogP contribution in [0.3, 0.4) is 0 Å². The Kier molecular flexibility index (Phi) is 7.00. The van der Waals surface area contributed by atoms with Gasteiger partial charge in [-0.3, -0.25) is 0 Å². The molecule has 0 fully saturated rings. The average molecular weight is 316 g/mol. The number of rotatable bonds is 4. The van der Waals surface area contributed by atoms with E-state index in [-0.39, 0.29) is 17.1 Å². The average Bonchev–Trinajstić information content (AvgIpc) is 2.56. The van der Waals surface area contributed by atoms with Gasteiger partial charge in [0.05, 0.1) is 23.3 Å². The van der Waals surface area contributed by atoms with Crippen molar-refractivity contribution in [3.8, 4) is 0 Å². The summed E-state index contributed by atoms with van der Waals surface area (Å²) in [6.07, 6.45) is 0. The van der Waals surface area contributed by atoms with E-state index in [4.69, 9.17) is 14.9 Å². The van der Waals surface area contributed by atoms with Crippen molar-refractivity contribution in [1.82, 2.24) is 0 Å². The van der Waals surface area contributed by atoms with E-state index in [1.165, 1.54) is 24.3 Å². The minimum absolute atomic E-state index is 0.190. The van der Waals surface area contributed by atoms with Gasteiger partial charge in [-0.2, -0.15) is 0 Å². The van der Waals surface area contributed by atoms with Crippen LogP contribution in [0, 0.1) is 0 Å². The van der Waals surface area contributed by atoms with Crippen molar-refractivity contribution in [3.05, 3.63) is 71.3 Å². The second-order valence-corrected chi connectivity index (χ2v) is 4.24. The lowest BCUT2D eigenvalue weighted by Crippen LogP contribution is -2.06. The van der Waals surface area contributed by atoms with Gasteiger partial charge in [-0.05, 0) is 31.2 Å². The van der Waals surface area contributed by atoms with Crippen LogP contribution in [0.2, 0.25) is 0 Å². The fourth-order valence-electron chi connectivity index (χ4n) is 1.64. The van der Waals surface area contributed by atoms with Gasteiger partial charge in [-0.15, -0.1) is 0 Å². The number of hydrogen-bond donors (Lipinski definition) is 2. The third kappa shape index (κ3) is 5.62. The van der Waals surface area contributed by atoms with Crippen LogP contribution in [0.15, 0.2) is 54.6 Å². The van der Waals surface area contributed by atoms with Gasteiger partial charge in [0.15, 0.2) is 0 Å². The van der Waals surface area contributed by atoms with Gasteiger partial charge >= 0.3 is 17.9 Å². The molecule has 2 aromatic carbocycles.